The monoisotopic (exact) mass is 295 g/mol. The Morgan fingerprint density at radius 1 is 1.40 bits per heavy atom. The Morgan fingerprint density at radius 3 is 2.70 bits per heavy atom. The first-order chi connectivity index (χ1) is 9.49. The minimum atomic E-state index is -0.504. The number of benzene rings is 1. The molecule has 6 heteroatoms. The molecule has 106 valence electrons. The van der Waals surface area contributed by atoms with Gasteiger partial charge in [-0.3, -0.25) is 4.79 Å². The lowest BCUT2D eigenvalue weighted by Gasteiger charge is -2.18. The number of pyridine rings is 1. The summed E-state index contributed by atoms with van der Waals surface area (Å²) in [6, 6.07) is 2.91. The molecule has 0 aromatic heterocycles. The molecule has 2 aliphatic rings. The van der Waals surface area contributed by atoms with Gasteiger partial charge in [-0.2, -0.15) is 0 Å². The van der Waals surface area contributed by atoms with E-state index < -0.39 is 5.97 Å². The highest BCUT2D eigenvalue weighted by molar-refractivity contribution is 6.30. The summed E-state index contributed by atoms with van der Waals surface area (Å²) in [5.41, 5.74) is 1.18. The van der Waals surface area contributed by atoms with Crippen molar-refractivity contribution in [3.63, 3.8) is 0 Å². The summed E-state index contributed by atoms with van der Waals surface area (Å²) in [4.78, 5) is 23.7. The minimum absolute atomic E-state index is 0.128. The Hall–Kier alpha value is -2.01. The lowest BCUT2D eigenvalue weighted by molar-refractivity contribution is 0.0510. The van der Waals surface area contributed by atoms with Crippen LogP contribution in [0.1, 0.15) is 17.4 Å². The Kier molecular flexibility index (Phi) is 3.99. The van der Waals surface area contributed by atoms with Crippen molar-refractivity contribution >= 4 is 17.6 Å². The van der Waals surface area contributed by atoms with Crippen LogP contribution in [-0.4, -0.2) is 24.3 Å². The molecule has 1 aliphatic heterocycles. The van der Waals surface area contributed by atoms with E-state index in [0.29, 0.717) is 16.9 Å². The van der Waals surface area contributed by atoms with Gasteiger partial charge >= 0.3 is 5.97 Å². The number of esters is 1. The molecule has 0 saturated carbocycles. The van der Waals surface area contributed by atoms with Crippen LogP contribution >= 0.6 is 11.6 Å². The van der Waals surface area contributed by atoms with Crippen LogP contribution in [0.3, 0.4) is 0 Å². The lowest BCUT2D eigenvalue weighted by Crippen LogP contribution is -2.16. The third-order valence-electron chi connectivity index (χ3n) is 2.92. The second-order valence-electron chi connectivity index (χ2n) is 4.21. The fraction of sp³-hybridized carbons (Fsp3) is 0.286. The molecule has 0 amide bonds. The van der Waals surface area contributed by atoms with Gasteiger partial charge < -0.3 is 14.0 Å². The molecule has 1 heterocycles. The largest absolute Gasteiger partial charge is 0.494 e. The molecule has 5 nitrogen and oxygen atoms in total. The zero-order chi connectivity index (χ0) is 14.9. The lowest BCUT2D eigenvalue weighted by atomic mass is 10.0. The number of fused-ring (bicyclic) bond motifs is 1. The zero-order valence-electron chi connectivity index (χ0n) is 11.4. The standard InChI is InChI=1S/C14H14ClNO4/c1-4-20-14(18)12-13(19-3)9-6-11(17)10(15)5-8(9)7-16(12)2/h5-7H,4H2,1-3H3. The second kappa shape index (κ2) is 5.54. The highest BCUT2D eigenvalue weighted by atomic mass is 35.5. The van der Waals surface area contributed by atoms with Gasteiger partial charge in [-0.15, -0.1) is 0 Å². The second-order valence-corrected chi connectivity index (χ2v) is 4.62. The summed E-state index contributed by atoms with van der Waals surface area (Å²) in [7, 11) is 3.14. The van der Waals surface area contributed by atoms with Gasteiger partial charge in [0.1, 0.15) is 0 Å². The summed E-state index contributed by atoms with van der Waals surface area (Å²) in [5, 5.41) is 0.128. The number of nitrogens with zero attached hydrogens (tertiary/aromatic N) is 1. The average Bonchev–Trinajstić information content (AvgIpc) is 2.39. The van der Waals surface area contributed by atoms with Crippen LogP contribution in [0.15, 0.2) is 23.1 Å². The van der Waals surface area contributed by atoms with Crippen molar-refractivity contribution in [1.29, 1.82) is 0 Å². The maximum Gasteiger partial charge on any atom is 0.358 e. The molecule has 0 radical (unpaired) electrons. The maximum atomic E-state index is 12.0. The van der Waals surface area contributed by atoms with Crippen molar-refractivity contribution < 1.29 is 14.3 Å². The summed E-state index contributed by atoms with van der Waals surface area (Å²) in [6.45, 7) is 1.98. The Bertz CT molecular complexity index is 693. The van der Waals surface area contributed by atoms with Crippen molar-refractivity contribution in [2.75, 3.05) is 13.7 Å². The molecule has 1 aliphatic carbocycles. The van der Waals surface area contributed by atoms with Gasteiger partial charge in [0.05, 0.1) is 18.7 Å². The number of aromatic nitrogens is 1. The Balaban J connectivity index is 2.80. The van der Waals surface area contributed by atoms with Crippen LogP contribution in [0.2, 0.25) is 5.02 Å². The first-order valence-electron chi connectivity index (χ1n) is 6.03. The molecule has 0 spiro atoms. The van der Waals surface area contributed by atoms with Crippen molar-refractivity contribution in [1.82, 2.24) is 4.57 Å². The number of rotatable bonds is 3. The van der Waals surface area contributed by atoms with E-state index in [0.717, 1.165) is 0 Å². The van der Waals surface area contributed by atoms with Crippen LogP contribution in [0.5, 0.6) is 5.75 Å². The molecule has 0 atom stereocenters. The SMILES string of the molecule is CCOC(=O)c1c(OC)c2cc(=O)c(Cl)cc-2cn1C. The van der Waals surface area contributed by atoms with Gasteiger partial charge in [-0.05, 0) is 19.1 Å². The van der Waals surface area contributed by atoms with Crippen LogP contribution in [0.25, 0.3) is 11.1 Å². The summed E-state index contributed by atoms with van der Waals surface area (Å²) in [6.07, 6.45) is 1.70. The first kappa shape index (κ1) is 14.4. The third-order valence-corrected chi connectivity index (χ3v) is 3.22. The molecular formula is C14H14ClNO4. The van der Waals surface area contributed by atoms with Crippen molar-refractivity contribution in [2.24, 2.45) is 7.05 Å². The Morgan fingerprint density at radius 2 is 2.10 bits per heavy atom. The van der Waals surface area contributed by atoms with Crippen molar-refractivity contribution in [2.45, 2.75) is 6.92 Å². The molecular weight excluding hydrogens is 282 g/mol. The molecule has 0 aromatic carbocycles. The van der Waals surface area contributed by atoms with Gasteiger partial charge in [0.25, 0.3) is 0 Å². The molecule has 0 bridgehead atoms. The molecule has 0 saturated heterocycles. The fourth-order valence-corrected chi connectivity index (χ4v) is 2.25. The summed E-state index contributed by atoms with van der Waals surface area (Å²) >= 11 is 5.83. The third kappa shape index (κ3) is 2.36. The highest BCUT2D eigenvalue weighted by Crippen LogP contribution is 2.35. The van der Waals surface area contributed by atoms with Crippen molar-refractivity contribution in [3.8, 4) is 16.9 Å². The number of carbonyl (C=O) groups excluding carboxylic acids is 1. The van der Waals surface area contributed by atoms with E-state index in [1.807, 2.05) is 0 Å². The molecule has 2 rings (SSSR count). The molecule has 0 fully saturated rings. The molecule has 0 aromatic rings. The molecule has 0 unspecified atom stereocenters. The number of hydrogen-bond donors (Lipinski definition) is 0. The normalized spacial score (nSPS) is 10.6. The van der Waals surface area contributed by atoms with Gasteiger partial charge in [0.15, 0.2) is 16.9 Å². The van der Waals surface area contributed by atoms with E-state index in [-0.39, 0.29) is 22.8 Å². The zero-order valence-corrected chi connectivity index (χ0v) is 12.2. The first-order valence-corrected chi connectivity index (χ1v) is 6.41. The predicted molar refractivity (Wildman–Crippen MR) is 75.8 cm³/mol. The van der Waals surface area contributed by atoms with Crippen LogP contribution in [-0.2, 0) is 11.8 Å². The number of hydrogen-bond acceptors (Lipinski definition) is 4. The number of carbonyl (C=O) groups is 1. The van der Waals surface area contributed by atoms with Crippen LogP contribution in [0.4, 0.5) is 0 Å². The van der Waals surface area contributed by atoms with Gasteiger partial charge in [0, 0.05) is 24.4 Å². The van der Waals surface area contributed by atoms with E-state index in [1.165, 1.54) is 13.2 Å². The number of ether oxygens (including phenoxy) is 2. The summed E-state index contributed by atoms with van der Waals surface area (Å²) < 4.78 is 11.9. The number of aryl methyl sites for hydroxylation is 1. The van der Waals surface area contributed by atoms with E-state index in [9.17, 15) is 9.59 Å². The molecule has 20 heavy (non-hydrogen) atoms. The predicted octanol–water partition coefficient (Wildman–Crippen LogP) is 2.33. The van der Waals surface area contributed by atoms with E-state index >= 15 is 0 Å². The average molecular weight is 296 g/mol. The van der Waals surface area contributed by atoms with Gasteiger partial charge in [0.2, 0.25) is 0 Å². The van der Waals surface area contributed by atoms with Gasteiger partial charge in [-0.1, -0.05) is 11.6 Å². The highest BCUT2D eigenvalue weighted by Gasteiger charge is 2.23. The van der Waals surface area contributed by atoms with Gasteiger partial charge in [-0.25, -0.2) is 4.79 Å². The molecule has 0 N–H and O–H groups in total. The van der Waals surface area contributed by atoms with E-state index in [2.05, 4.69) is 0 Å². The van der Waals surface area contributed by atoms with Crippen molar-refractivity contribution in [3.05, 3.63) is 39.3 Å². The summed E-state index contributed by atoms with van der Waals surface area (Å²) in [5.74, 6) is -0.201. The maximum absolute atomic E-state index is 12.0. The van der Waals surface area contributed by atoms with Crippen LogP contribution < -0.4 is 10.2 Å². The Labute approximate surface area is 121 Å². The fourth-order valence-electron chi connectivity index (χ4n) is 2.08. The quantitative estimate of drug-likeness (QED) is 0.816. The number of methoxy groups -OCH3 is 1. The van der Waals surface area contributed by atoms with E-state index in [4.69, 9.17) is 21.1 Å². The van der Waals surface area contributed by atoms with E-state index in [1.54, 1.807) is 30.8 Å². The number of halogens is 1. The van der Waals surface area contributed by atoms with Crippen LogP contribution in [0, 0.1) is 0 Å². The smallest absolute Gasteiger partial charge is 0.358 e. The topological polar surface area (TPSA) is 57.5 Å². The minimum Gasteiger partial charge on any atom is -0.494 e.